The molecule has 0 atom stereocenters. The second kappa shape index (κ2) is 4.54. The van der Waals surface area contributed by atoms with Crippen molar-refractivity contribution in [1.29, 1.82) is 0 Å². The van der Waals surface area contributed by atoms with Crippen molar-refractivity contribution < 1.29 is 9.13 Å². The number of benzene rings is 2. The Hall–Kier alpha value is -1.54. The zero-order valence-corrected chi connectivity index (χ0v) is 9.46. The van der Waals surface area contributed by atoms with Gasteiger partial charge in [-0.05, 0) is 17.7 Å². The molecule has 0 saturated heterocycles. The third-order valence-corrected chi connectivity index (χ3v) is 2.52. The molecule has 0 radical (unpaired) electrons. The van der Waals surface area contributed by atoms with Gasteiger partial charge < -0.3 is 4.74 Å². The highest BCUT2D eigenvalue weighted by atomic mass is 35.5. The summed E-state index contributed by atoms with van der Waals surface area (Å²) in [6.07, 6.45) is 0. The van der Waals surface area contributed by atoms with Crippen LogP contribution >= 0.6 is 11.6 Å². The number of ether oxygens (including phenoxy) is 1. The van der Waals surface area contributed by atoms with Crippen LogP contribution in [0.5, 0.6) is 5.75 Å². The first kappa shape index (κ1) is 11.0. The minimum atomic E-state index is -0.450. The molecule has 0 aromatic heterocycles. The average Bonchev–Trinajstić information content (AvgIpc) is 2.29. The first-order valence-electron chi connectivity index (χ1n) is 4.81. The summed E-state index contributed by atoms with van der Waals surface area (Å²) in [5.41, 5.74) is 1.54. The maximum absolute atomic E-state index is 13.6. The molecule has 0 saturated carbocycles. The molecule has 0 bridgehead atoms. The van der Waals surface area contributed by atoms with Crippen molar-refractivity contribution in [3.05, 3.63) is 53.3 Å². The molecular weight excluding hydrogens is 227 g/mol. The van der Waals surface area contributed by atoms with E-state index in [-0.39, 0.29) is 5.75 Å². The highest BCUT2D eigenvalue weighted by Gasteiger charge is 2.12. The number of hydrogen-bond acceptors (Lipinski definition) is 1. The van der Waals surface area contributed by atoms with Gasteiger partial charge in [-0.2, -0.15) is 0 Å². The Morgan fingerprint density at radius 2 is 1.81 bits per heavy atom. The van der Waals surface area contributed by atoms with Crippen LogP contribution in [-0.4, -0.2) is 7.11 Å². The smallest absolute Gasteiger partial charge is 0.167 e. The molecule has 0 aliphatic rings. The van der Waals surface area contributed by atoms with E-state index in [1.54, 1.807) is 6.07 Å². The largest absolute Gasteiger partial charge is 0.493 e. The maximum Gasteiger partial charge on any atom is 0.167 e. The third kappa shape index (κ3) is 2.02. The fraction of sp³-hybridized carbons (Fsp3) is 0.0769. The first-order chi connectivity index (χ1) is 7.72. The van der Waals surface area contributed by atoms with Crippen molar-refractivity contribution in [1.82, 2.24) is 0 Å². The van der Waals surface area contributed by atoms with Gasteiger partial charge in [-0.3, -0.25) is 0 Å². The fourth-order valence-corrected chi connectivity index (χ4v) is 1.80. The van der Waals surface area contributed by atoms with Crippen molar-refractivity contribution in [2.45, 2.75) is 0 Å². The zero-order chi connectivity index (χ0) is 11.5. The van der Waals surface area contributed by atoms with Gasteiger partial charge in [0.05, 0.1) is 7.11 Å². The van der Waals surface area contributed by atoms with E-state index in [0.717, 1.165) is 5.56 Å². The van der Waals surface area contributed by atoms with E-state index in [9.17, 15) is 4.39 Å². The lowest BCUT2D eigenvalue weighted by Gasteiger charge is -2.10. The average molecular weight is 237 g/mol. The van der Waals surface area contributed by atoms with Gasteiger partial charge in [-0.25, -0.2) is 4.39 Å². The number of methoxy groups -OCH3 is 1. The summed E-state index contributed by atoms with van der Waals surface area (Å²) in [4.78, 5) is 0. The Bertz CT molecular complexity index is 497. The molecule has 1 nitrogen and oxygen atoms in total. The third-order valence-electron chi connectivity index (χ3n) is 2.30. The highest BCUT2D eigenvalue weighted by Crippen LogP contribution is 2.34. The van der Waals surface area contributed by atoms with E-state index >= 15 is 0 Å². The van der Waals surface area contributed by atoms with Gasteiger partial charge in [-0.15, -0.1) is 0 Å². The van der Waals surface area contributed by atoms with Crippen LogP contribution in [0.1, 0.15) is 0 Å². The Labute approximate surface area is 98.4 Å². The lowest BCUT2D eigenvalue weighted by Crippen LogP contribution is -1.92. The predicted octanol–water partition coefficient (Wildman–Crippen LogP) is 4.15. The molecule has 0 aliphatic carbocycles. The lowest BCUT2D eigenvalue weighted by atomic mass is 10.0. The standard InChI is InChI=1S/C13H10ClFO/c1-16-13-11(7-10(14)8-12(13)15)9-5-3-2-4-6-9/h2-8H,1H3. The van der Waals surface area contributed by atoms with Crippen LogP contribution < -0.4 is 4.74 Å². The molecule has 2 aromatic carbocycles. The van der Waals surface area contributed by atoms with Crippen LogP contribution in [-0.2, 0) is 0 Å². The monoisotopic (exact) mass is 236 g/mol. The van der Waals surface area contributed by atoms with Gasteiger partial charge in [-0.1, -0.05) is 41.9 Å². The minimum Gasteiger partial charge on any atom is -0.493 e. The molecule has 0 aliphatic heterocycles. The molecule has 16 heavy (non-hydrogen) atoms. The van der Waals surface area contributed by atoms with E-state index in [0.29, 0.717) is 10.6 Å². The van der Waals surface area contributed by atoms with Crippen LogP contribution in [0.3, 0.4) is 0 Å². The van der Waals surface area contributed by atoms with E-state index in [1.165, 1.54) is 13.2 Å². The van der Waals surface area contributed by atoms with Crippen LogP contribution in [0.4, 0.5) is 4.39 Å². The first-order valence-corrected chi connectivity index (χ1v) is 5.18. The van der Waals surface area contributed by atoms with Crippen molar-refractivity contribution in [2.24, 2.45) is 0 Å². The summed E-state index contributed by atoms with van der Waals surface area (Å²) in [6.45, 7) is 0. The van der Waals surface area contributed by atoms with E-state index in [4.69, 9.17) is 16.3 Å². The van der Waals surface area contributed by atoms with Gasteiger partial charge in [0.1, 0.15) is 0 Å². The summed E-state index contributed by atoms with van der Waals surface area (Å²) in [6, 6.07) is 12.4. The Morgan fingerprint density at radius 3 is 2.44 bits per heavy atom. The lowest BCUT2D eigenvalue weighted by molar-refractivity contribution is 0.388. The topological polar surface area (TPSA) is 9.23 Å². The predicted molar refractivity (Wildman–Crippen MR) is 63.4 cm³/mol. The van der Waals surface area contributed by atoms with Gasteiger partial charge in [0.2, 0.25) is 0 Å². The molecule has 0 unspecified atom stereocenters. The van der Waals surface area contributed by atoms with E-state index < -0.39 is 5.82 Å². The normalized spacial score (nSPS) is 10.2. The summed E-state index contributed by atoms with van der Waals surface area (Å²) < 4.78 is 18.6. The van der Waals surface area contributed by atoms with Crippen molar-refractivity contribution in [2.75, 3.05) is 7.11 Å². The second-order valence-corrected chi connectivity index (χ2v) is 3.77. The molecule has 2 aromatic rings. The minimum absolute atomic E-state index is 0.218. The maximum atomic E-state index is 13.6. The summed E-state index contributed by atoms with van der Waals surface area (Å²) in [5.74, 6) is -0.232. The Morgan fingerprint density at radius 1 is 1.12 bits per heavy atom. The SMILES string of the molecule is COc1c(F)cc(Cl)cc1-c1ccccc1. The van der Waals surface area contributed by atoms with Crippen molar-refractivity contribution >= 4 is 11.6 Å². The van der Waals surface area contributed by atoms with E-state index in [2.05, 4.69) is 0 Å². The number of rotatable bonds is 2. The molecular formula is C13H10ClFO. The number of hydrogen-bond donors (Lipinski definition) is 0. The second-order valence-electron chi connectivity index (χ2n) is 3.33. The molecule has 0 heterocycles. The quantitative estimate of drug-likeness (QED) is 0.761. The van der Waals surface area contributed by atoms with Crippen LogP contribution in [0.2, 0.25) is 5.02 Å². The Balaban J connectivity index is 2.64. The highest BCUT2D eigenvalue weighted by molar-refractivity contribution is 6.31. The Kier molecular flexibility index (Phi) is 3.11. The van der Waals surface area contributed by atoms with Crippen LogP contribution in [0.25, 0.3) is 11.1 Å². The molecule has 3 heteroatoms. The molecule has 2 rings (SSSR count). The molecule has 82 valence electrons. The molecule has 0 amide bonds. The van der Waals surface area contributed by atoms with Crippen molar-refractivity contribution in [3.8, 4) is 16.9 Å². The van der Waals surface area contributed by atoms with Crippen molar-refractivity contribution in [3.63, 3.8) is 0 Å². The molecule has 0 fully saturated rings. The summed E-state index contributed by atoms with van der Waals surface area (Å²) in [5, 5.41) is 0.358. The zero-order valence-electron chi connectivity index (χ0n) is 8.71. The molecule has 0 N–H and O–H groups in total. The van der Waals surface area contributed by atoms with Gasteiger partial charge >= 0.3 is 0 Å². The van der Waals surface area contributed by atoms with Crippen LogP contribution in [0, 0.1) is 5.82 Å². The van der Waals surface area contributed by atoms with Gasteiger partial charge in [0.25, 0.3) is 0 Å². The summed E-state index contributed by atoms with van der Waals surface area (Å²) >= 11 is 5.83. The number of halogens is 2. The van der Waals surface area contributed by atoms with Gasteiger partial charge in [0.15, 0.2) is 11.6 Å². The summed E-state index contributed by atoms with van der Waals surface area (Å²) in [7, 11) is 1.44. The fourth-order valence-electron chi connectivity index (χ4n) is 1.60. The van der Waals surface area contributed by atoms with E-state index in [1.807, 2.05) is 30.3 Å². The van der Waals surface area contributed by atoms with Gasteiger partial charge in [0, 0.05) is 10.6 Å². The molecule has 0 spiro atoms. The van der Waals surface area contributed by atoms with Crippen LogP contribution in [0.15, 0.2) is 42.5 Å².